The normalized spacial score (nSPS) is 13.5. The molecule has 2 nitrogen and oxygen atoms in total. The predicted molar refractivity (Wildman–Crippen MR) is 229 cm³/mol. The summed E-state index contributed by atoms with van der Waals surface area (Å²) in [5.41, 5.74) is 16.2. The molecule has 0 saturated heterocycles. The number of hydrogen-bond donors (Lipinski definition) is 0. The molecule has 0 unspecified atom stereocenters. The number of rotatable bonds is 4. The van der Waals surface area contributed by atoms with Crippen LogP contribution in [0.2, 0.25) is 0 Å². The molecule has 9 aromatic carbocycles. The van der Waals surface area contributed by atoms with Crippen LogP contribution in [0, 0.1) is 0 Å². The number of para-hydroxylation sites is 2. The highest BCUT2D eigenvalue weighted by Crippen LogP contribution is 2.66. The van der Waals surface area contributed by atoms with Crippen molar-refractivity contribution in [3.8, 4) is 39.1 Å². The molecule has 2 aliphatic carbocycles. The van der Waals surface area contributed by atoms with E-state index in [1.807, 2.05) is 0 Å². The molecule has 0 amide bonds. The van der Waals surface area contributed by atoms with Crippen LogP contribution in [0.3, 0.4) is 0 Å². The van der Waals surface area contributed by atoms with Crippen LogP contribution in [-0.4, -0.2) is 9.55 Å². The lowest BCUT2D eigenvalue weighted by Crippen LogP contribution is -2.26. The summed E-state index contributed by atoms with van der Waals surface area (Å²) in [6.45, 7) is 2.22. The summed E-state index contributed by atoms with van der Waals surface area (Å²) in [6, 6.07) is 65.9. The first-order chi connectivity index (χ1) is 27.3. The van der Waals surface area contributed by atoms with Crippen LogP contribution in [-0.2, 0) is 11.8 Å². The van der Waals surface area contributed by atoms with Crippen LogP contribution in [0.1, 0.15) is 41.4 Å². The number of fused-ring (bicyclic) bond motifs is 18. The fourth-order valence-electron chi connectivity index (χ4n) is 10.4. The molecule has 2 heteroatoms. The average Bonchev–Trinajstić information content (AvgIpc) is 3.88. The molecule has 1 spiro atoms. The maximum absolute atomic E-state index is 4.99. The Hall–Kier alpha value is -6.77. The molecule has 2 aliphatic rings. The number of hydrogen-bond acceptors (Lipinski definition) is 1. The molecule has 0 saturated carbocycles. The first-order valence-corrected chi connectivity index (χ1v) is 19.5. The minimum absolute atomic E-state index is 0.464. The molecule has 0 radical (unpaired) electrons. The highest BCUT2D eigenvalue weighted by molar-refractivity contribution is 6.21. The zero-order chi connectivity index (χ0) is 36.3. The molecule has 12 rings (SSSR count). The second-order valence-electron chi connectivity index (χ2n) is 15.3. The maximum atomic E-state index is 4.99. The maximum Gasteiger partial charge on any atom is 0.114 e. The van der Waals surface area contributed by atoms with Crippen LogP contribution in [0.4, 0.5) is 0 Å². The fourth-order valence-corrected chi connectivity index (χ4v) is 10.4. The molecule has 0 fully saturated rings. The summed E-state index contributed by atoms with van der Waals surface area (Å²) in [4.78, 5) is 4.99. The van der Waals surface area contributed by atoms with Crippen LogP contribution in [0.15, 0.2) is 176 Å². The lowest BCUT2D eigenvalue weighted by molar-refractivity contribution is 0.809. The molecular formula is C53H36N2. The van der Waals surface area contributed by atoms with Crippen molar-refractivity contribution in [3.63, 3.8) is 0 Å². The Morgan fingerprint density at radius 3 is 1.85 bits per heavy atom. The van der Waals surface area contributed by atoms with Gasteiger partial charge in [-0.15, -0.1) is 0 Å². The second-order valence-corrected chi connectivity index (χ2v) is 15.3. The molecule has 258 valence electrons. The largest absolute Gasteiger partial charge is 0.296 e. The van der Waals surface area contributed by atoms with Gasteiger partial charge in [-0.25, -0.2) is 4.98 Å². The first kappa shape index (κ1) is 30.7. The Labute approximate surface area is 320 Å². The summed E-state index contributed by atoms with van der Waals surface area (Å²) in [5.74, 6) is 1.11. The third-order valence-corrected chi connectivity index (χ3v) is 12.5. The van der Waals surface area contributed by atoms with Gasteiger partial charge < -0.3 is 0 Å². The van der Waals surface area contributed by atoms with E-state index in [0.29, 0.717) is 0 Å². The van der Waals surface area contributed by atoms with Gasteiger partial charge in [-0.2, -0.15) is 0 Å². The standard InChI is InChI=1S/C53H36N2/c1-2-13-49-54-47-22-11-12-23-48(47)55(49)36-28-24-33(25-29-36)34-26-30-37-35(32-34)27-31-44-50-42-18-5-3-14-38(42)39-15-4-6-19-43(39)52(50)53(51(37)44)45-20-9-7-16-40(45)41-17-8-10-21-46(41)53/h3-12,14-32H,2,13H2,1H3. The quantitative estimate of drug-likeness (QED) is 0.167. The molecule has 1 aromatic heterocycles. The van der Waals surface area contributed by atoms with E-state index in [2.05, 4.69) is 187 Å². The van der Waals surface area contributed by atoms with Gasteiger partial charge in [0.15, 0.2) is 0 Å². The molecular weight excluding hydrogens is 665 g/mol. The molecule has 0 N–H and O–H groups in total. The van der Waals surface area contributed by atoms with Crippen molar-refractivity contribution < 1.29 is 0 Å². The monoisotopic (exact) mass is 700 g/mol. The molecule has 55 heavy (non-hydrogen) atoms. The van der Waals surface area contributed by atoms with Crippen molar-refractivity contribution in [2.75, 3.05) is 0 Å². The Bertz CT molecular complexity index is 3170. The van der Waals surface area contributed by atoms with E-state index in [9.17, 15) is 0 Å². The van der Waals surface area contributed by atoms with Gasteiger partial charge >= 0.3 is 0 Å². The van der Waals surface area contributed by atoms with Crippen molar-refractivity contribution in [2.24, 2.45) is 0 Å². The molecule has 1 heterocycles. The molecule has 0 atom stereocenters. The Morgan fingerprint density at radius 2 is 1.11 bits per heavy atom. The highest BCUT2D eigenvalue weighted by atomic mass is 15.1. The van der Waals surface area contributed by atoms with E-state index in [-0.39, 0.29) is 0 Å². The van der Waals surface area contributed by atoms with Gasteiger partial charge in [-0.1, -0.05) is 153 Å². The fraction of sp³-hybridized carbons (Fsp3) is 0.0755. The van der Waals surface area contributed by atoms with Gasteiger partial charge in [0.1, 0.15) is 5.82 Å². The van der Waals surface area contributed by atoms with E-state index in [1.54, 1.807) is 0 Å². The summed E-state index contributed by atoms with van der Waals surface area (Å²) < 4.78 is 2.33. The zero-order valence-corrected chi connectivity index (χ0v) is 30.6. The van der Waals surface area contributed by atoms with Gasteiger partial charge in [-0.05, 0) is 125 Å². The van der Waals surface area contributed by atoms with Crippen LogP contribution in [0.5, 0.6) is 0 Å². The van der Waals surface area contributed by atoms with Crippen molar-refractivity contribution in [2.45, 2.75) is 25.2 Å². The lowest BCUT2D eigenvalue weighted by atomic mass is 9.68. The number of benzene rings is 9. The minimum Gasteiger partial charge on any atom is -0.296 e. The second kappa shape index (κ2) is 11.4. The topological polar surface area (TPSA) is 17.8 Å². The smallest absolute Gasteiger partial charge is 0.114 e. The summed E-state index contributed by atoms with van der Waals surface area (Å²) in [5, 5.41) is 7.84. The zero-order valence-electron chi connectivity index (χ0n) is 30.6. The molecule has 0 bridgehead atoms. The van der Waals surface area contributed by atoms with E-state index < -0.39 is 5.41 Å². The summed E-state index contributed by atoms with van der Waals surface area (Å²) in [7, 11) is 0. The van der Waals surface area contributed by atoms with Crippen molar-refractivity contribution in [3.05, 3.63) is 204 Å². The minimum atomic E-state index is -0.464. The van der Waals surface area contributed by atoms with Crippen LogP contribution in [0.25, 0.3) is 82.4 Å². The summed E-state index contributed by atoms with van der Waals surface area (Å²) in [6.07, 6.45) is 2.00. The third kappa shape index (κ3) is 4.01. The molecule has 0 aliphatic heterocycles. The number of aromatic nitrogens is 2. The van der Waals surface area contributed by atoms with E-state index in [4.69, 9.17) is 4.98 Å². The van der Waals surface area contributed by atoms with E-state index in [0.717, 1.165) is 35.4 Å². The number of nitrogens with zero attached hydrogens (tertiary/aromatic N) is 2. The third-order valence-electron chi connectivity index (χ3n) is 12.5. The van der Waals surface area contributed by atoms with Gasteiger partial charge in [-0.3, -0.25) is 4.57 Å². The lowest BCUT2D eigenvalue weighted by Gasteiger charge is -2.32. The van der Waals surface area contributed by atoms with E-state index in [1.165, 1.54) is 88.0 Å². The van der Waals surface area contributed by atoms with Gasteiger partial charge in [0.25, 0.3) is 0 Å². The Morgan fingerprint density at radius 1 is 0.491 bits per heavy atom. The van der Waals surface area contributed by atoms with E-state index >= 15 is 0 Å². The van der Waals surface area contributed by atoms with Gasteiger partial charge in [0.05, 0.1) is 16.4 Å². The number of aryl methyl sites for hydroxylation is 1. The van der Waals surface area contributed by atoms with Gasteiger partial charge in [0.2, 0.25) is 0 Å². The molecule has 10 aromatic rings. The average molecular weight is 701 g/mol. The van der Waals surface area contributed by atoms with Crippen molar-refractivity contribution in [1.29, 1.82) is 0 Å². The van der Waals surface area contributed by atoms with Crippen molar-refractivity contribution in [1.82, 2.24) is 9.55 Å². The number of imidazole rings is 1. The Balaban J connectivity index is 1.11. The van der Waals surface area contributed by atoms with Crippen LogP contribution < -0.4 is 0 Å². The summed E-state index contributed by atoms with van der Waals surface area (Å²) >= 11 is 0. The van der Waals surface area contributed by atoms with Crippen LogP contribution >= 0.6 is 0 Å². The first-order valence-electron chi connectivity index (χ1n) is 19.5. The highest BCUT2D eigenvalue weighted by Gasteiger charge is 2.53. The Kier molecular flexibility index (Phi) is 6.34. The SMILES string of the molecule is CCCc1nc2ccccc2n1-c1ccc(-c2ccc3c4c(ccc3c2)-c2c(c3ccccc3c3ccccc23)C42c3ccccc3-c3ccccc32)cc1. The van der Waals surface area contributed by atoms with Crippen molar-refractivity contribution >= 4 is 43.4 Å². The van der Waals surface area contributed by atoms with Gasteiger partial charge in [0, 0.05) is 12.1 Å². The predicted octanol–water partition coefficient (Wildman–Crippen LogP) is 13.4.